The van der Waals surface area contributed by atoms with E-state index in [-0.39, 0.29) is 18.3 Å². The summed E-state index contributed by atoms with van der Waals surface area (Å²) in [5.41, 5.74) is 0.768. The molecule has 156 valence electrons. The maximum absolute atomic E-state index is 12.5. The van der Waals surface area contributed by atoms with Crippen LogP contribution in [0.2, 0.25) is 0 Å². The van der Waals surface area contributed by atoms with Gasteiger partial charge in [-0.2, -0.15) is 0 Å². The summed E-state index contributed by atoms with van der Waals surface area (Å²) in [4.78, 5) is 26.0. The fraction of sp³-hybridized carbons (Fsp3) is 0.190. The van der Waals surface area contributed by atoms with Gasteiger partial charge in [0.2, 0.25) is 5.76 Å². The quantitative estimate of drug-likeness (QED) is 0.261. The third kappa shape index (κ3) is 4.74. The average molecular weight is 446 g/mol. The zero-order valence-electron chi connectivity index (χ0n) is 16.4. The number of nitrogens with zero attached hydrogens (tertiary/aromatic N) is 1. The number of carbonyl (C=O) groups is 2. The number of esters is 1. The van der Waals surface area contributed by atoms with Crippen LogP contribution >= 0.6 is 24.0 Å². The number of hydrogen-bond acceptors (Lipinski definition) is 8. The Labute approximate surface area is 183 Å². The summed E-state index contributed by atoms with van der Waals surface area (Å²) in [6, 6.07) is 8.46. The second-order valence-corrected chi connectivity index (χ2v) is 7.71. The molecule has 2 heterocycles. The van der Waals surface area contributed by atoms with Crippen LogP contribution in [0.4, 0.5) is 0 Å². The maximum Gasteiger partial charge on any atom is 0.373 e. The number of thiocarbonyl (C=S) groups is 1. The summed E-state index contributed by atoms with van der Waals surface area (Å²) in [6.07, 6.45) is 3.39. The van der Waals surface area contributed by atoms with Gasteiger partial charge in [0.15, 0.2) is 11.5 Å². The van der Waals surface area contributed by atoms with Gasteiger partial charge in [-0.25, -0.2) is 4.79 Å². The monoisotopic (exact) mass is 445 g/mol. The standard InChI is InChI=1S/C21H19NO6S2/c1-4-9-22-19(23)18(30-21(22)29)11-13-5-7-15(17(10-13)25-2)27-12-14-6-8-16(28-14)20(24)26-3/h4-8,10-11H,1,9,12H2,2-3H3/b18-11+. The van der Waals surface area contributed by atoms with Gasteiger partial charge in [0.1, 0.15) is 16.7 Å². The average Bonchev–Trinajstić information content (AvgIpc) is 3.33. The Balaban J connectivity index is 1.73. The summed E-state index contributed by atoms with van der Waals surface area (Å²) in [7, 11) is 2.81. The predicted octanol–water partition coefficient (Wildman–Crippen LogP) is 4.04. The first kappa shape index (κ1) is 21.7. The highest BCUT2D eigenvalue weighted by Crippen LogP contribution is 2.35. The SMILES string of the molecule is C=CCN1C(=O)/C(=C\c2ccc(OCc3ccc(C(=O)OC)o3)c(OC)c2)SC1=S. The molecule has 9 heteroatoms. The minimum atomic E-state index is -0.554. The largest absolute Gasteiger partial charge is 0.493 e. The third-order valence-corrected chi connectivity index (χ3v) is 5.47. The Morgan fingerprint density at radius 1 is 1.27 bits per heavy atom. The number of rotatable bonds is 8. The Hall–Kier alpha value is -3.04. The highest BCUT2D eigenvalue weighted by Gasteiger charge is 2.31. The van der Waals surface area contributed by atoms with Crippen LogP contribution in [0.5, 0.6) is 11.5 Å². The molecule has 0 aliphatic carbocycles. The molecule has 1 amide bonds. The molecule has 0 unspecified atom stereocenters. The fourth-order valence-electron chi connectivity index (χ4n) is 2.65. The molecule has 1 fully saturated rings. The highest BCUT2D eigenvalue weighted by atomic mass is 32.2. The lowest BCUT2D eigenvalue weighted by molar-refractivity contribution is -0.121. The van der Waals surface area contributed by atoms with Gasteiger partial charge in [-0.15, -0.1) is 6.58 Å². The lowest BCUT2D eigenvalue weighted by atomic mass is 10.2. The first-order valence-electron chi connectivity index (χ1n) is 8.81. The molecule has 7 nitrogen and oxygen atoms in total. The summed E-state index contributed by atoms with van der Waals surface area (Å²) in [5.74, 6) is 0.847. The number of furan rings is 1. The first-order chi connectivity index (χ1) is 14.5. The van der Waals surface area contributed by atoms with E-state index in [1.807, 2.05) is 0 Å². The molecule has 1 saturated heterocycles. The topological polar surface area (TPSA) is 78.2 Å². The van der Waals surface area contributed by atoms with Crippen molar-refractivity contribution in [3.8, 4) is 11.5 Å². The molecule has 0 spiro atoms. The lowest BCUT2D eigenvalue weighted by Gasteiger charge is -2.11. The van der Waals surface area contributed by atoms with Crippen molar-refractivity contribution in [2.75, 3.05) is 20.8 Å². The molecule has 1 aromatic carbocycles. The number of benzene rings is 1. The third-order valence-electron chi connectivity index (χ3n) is 4.09. The number of amides is 1. The summed E-state index contributed by atoms with van der Waals surface area (Å²) < 4.78 is 21.7. The number of hydrogen-bond donors (Lipinski definition) is 0. The van der Waals surface area contributed by atoms with E-state index >= 15 is 0 Å². The Morgan fingerprint density at radius 2 is 2.07 bits per heavy atom. The van der Waals surface area contributed by atoms with E-state index in [1.54, 1.807) is 36.4 Å². The van der Waals surface area contributed by atoms with Gasteiger partial charge >= 0.3 is 5.97 Å². The second kappa shape index (κ2) is 9.64. The van der Waals surface area contributed by atoms with Gasteiger partial charge < -0.3 is 18.6 Å². The zero-order valence-corrected chi connectivity index (χ0v) is 18.0. The normalized spacial score (nSPS) is 14.9. The van der Waals surface area contributed by atoms with Gasteiger partial charge in [-0.1, -0.05) is 36.1 Å². The lowest BCUT2D eigenvalue weighted by Crippen LogP contribution is -2.27. The molecule has 0 radical (unpaired) electrons. The number of ether oxygens (including phenoxy) is 3. The molecule has 3 rings (SSSR count). The molecule has 2 aromatic rings. The molecule has 0 bridgehead atoms. The minimum Gasteiger partial charge on any atom is -0.493 e. The highest BCUT2D eigenvalue weighted by molar-refractivity contribution is 8.26. The Bertz CT molecular complexity index is 1030. The Kier molecular flexibility index (Phi) is 6.96. The minimum absolute atomic E-state index is 0.104. The summed E-state index contributed by atoms with van der Waals surface area (Å²) >= 11 is 6.50. The molecular weight excluding hydrogens is 426 g/mol. The number of carbonyl (C=O) groups excluding carboxylic acids is 2. The van der Waals surface area contributed by atoms with Crippen LogP contribution in [0.25, 0.3) is 6.08 Å². The van der Waals surface area contributed by atoms with Crippen molar-refractivity contribution in [1.82, 2.24) is 4.90 Å². The van der Waals surface area contributed by atoms with Crippen molar-refractivity contribution in [1.29, 1.82) is 0 Å². The molecule has 0 N–H and O–H groups in total. The smallest absolute Gasteiger partial charge is 0.373 e. The maximum atomic E-state index is 12.5. The first-order valence-corrected chi connectivity index (χ1v) is 10.0. The number of thioether (sulfide) groups is 1. The van der Waals surface area contributed by atoms with Crippen molar-refractivity contribution in [3.63, 3.8) is 0 Å². The molecule has 30 heavy (non-hydrogen) atoms. The van der Waals surface area contributed by atoms with Crippen molar-refractivity contribution in [2.45, 2.75) is 6.61 Å². The van der Waals surface area contributed by atoms with Gasteiger partial charge in [-0.05, 0) is 35.9 Å². The van der Waals surface area contributed by atoms with Crippen LogP contribution in [-0.2, 0) is 16.1 Å². The van der Waals surface area contributed by atoms with E-state index in [1.165, 1.54) is 36.9 Å². The predicted molar refractivity (Wildman–Crippen MR) is 117 cm³/mol. The van der Waals surface area contributed by atoms with E-state index in [0.717, 1.165) is 5.56 Å². The zero-order chi connectivity index (χ0) is 21.7. The Morgan fingerprint density at radius 3 is 2.77 bits per heavy atom. The van der Waals surface area contributed by atoms with Crippen LogP contribution in [0.15, 0.2) is 52.3 Å². The van der Waals surface area contributed by atoms with Gasteiger partial charge in [0.25, 0.3) is 5.91 Å². The van der Waals surface area contributed by atoms with E-state index in [4.69, 9.17) is 26.1 Å². The molecule has 1 aliphatic rings. The van der Waals surface area contributed by atoms with Gasteiger partial charge in [-0.3, -0.25) is 9.69 Å². The second-order valence-electron chi connectivity index (χ2n) is 6.04. The molecule has 0 atom stereocenters. The molecular formula is C21H19NO6S2. The van der Waals surface area contributed by atoms with Crippen LogP contribution in [0.3, 0.4) is 0 Å². The van der Waals surface area contributed by atoms with E-state index in [0.29, 0.717) is 33.0 Å². The van der Waals surface area contributed by atoms with Crippen molar-refractivity contribution in [3.05, 3.63) is 65.0 Å². The van der Waals surface area contributed by atoms with Crippen LogP contribution in [-0.4, -0.2) is 41.9 Å². The van der Waals surface area contributed by atoms with Crippen LogP contribution in [0, 0.1) is 0 Å². The molecule has 0 saturated carbocycles. The summed E-state index contributed by atoms with van der Waals surface area (Å²) in [5, 5.41) is 0. The molecule has 1 aromatic heterocycles. The van der Waals surface area contributed by atoms with Crippen molar-refractivity contribution >= 4 is 46.3 Å². The van der Waals surface area contributed by atoms with E-state index < -0.39 is 5.97 Å². The van der Waals surface area contributed by atoms with Crippen LogP contribution < -0.4 is 9.47 Å². The van der Waals surface area contributed by atoms with Gasteiger partial charge in [0.05, 0.1) is 19.1 Å². The van der Waals surface area contributed by atoms with Crippen LogP contribution in [0.1, 0.15) is 21.9 Å². The molecule has 1 aliphatic heterocycles. The van der Waals surface area contributed by atoms with E-state index in [9.17, 15) is 9.59 Å². The van der Waals surface area contributed by atoms with Crippen molar-refractivity contribution < 1.29 is 28.2 Å². The van der Waals surface area contributed by atoms with Gasteiger partial charge in [0, 0.05) is 6.54 Å². The van der Waals surface area contributed by atoms with E-state index in [2.05, 4.69) is 11.3 Å². The fourth-order valence-corrected chi connectivity index (χ4v) is 3.92. The summed E-state index contributed by atoms with van der Waals surface area (Å²) in [6.45, 7) is 4.13. The van der Waals surface area contributed by atoms with Crippen molar-refractivity contribution in [2.24, 2.45) is 0 Å². The number of methoxy groups -OCH3 is 2.